The van der Waals surface area contributed by atoms with Crippen molar-refractivity contribution in [2.45, 2.75) is 12.8 Å². The van der Waals surface area contributed by atoms with Crippen molar-refractivity contribution < 1.29 is 4.39 Å². The minimum absolute atomic E-state index is 0.204. The molecule has 0 aliphatic heterocycles. The van der Waals surface area contributed by atoms with Gasteiger partial charge < -0.3 is 0 Å². The van der Waals surface area contributed by atoms with Gasteiger partial charge in [0.15, 0.2) is 0 Å². The Kier molecular flexibility index (Phi) is 3.29. The predicted molar refractivity (Wildman–Crippen MR) is 74.5 cm³/mol. The van der Waals surface area contributed by atoms with Crippen LogP contribution in [0.3, 0.4) is 0 Å². The Balaban J connectivity index is 1.86. The number of aromatic nitrogens is 3. The van der Waals surface area contributed by atoms with Crippen molar-refractivity contribution in [3.8, 4) is 0 Å². The highest BCUT2D eigenvalue weighted by molar-refractivity contribution is 9.10. The van der Waals surface area contributed by atoms with Crippen LogP contribution < -0.4 is 0 Å². The van der Waals surface area contributed by atoms with E-state index in [1.54, 1.807) is 18.3 Å². The summed E-state index contributed by atoms with van der Waals surface area (Å²) in [5.74, 6) is 0.663. The average Bonchev–Trinajstić information content (AvgIpc) is 2.74. The molecule has 2 aromatic heterocycles. The first-order valence-electron chi connectivity index (χ1n) is 5.96. The van der Waals surface area contributed by atoms with Crippen molar-refractivity contribution in [1.29, 1.82) is 0 Å². The maximum absolute atomic E-state index is 13.1. The molecule has 0 aliphatic carbocycles. The van der Waals surface area contributed by atoms with Gasteiger partial charge in [0.25, 0.3) is 0 Å². The molecule has 3 aromatic rings. The van der Waals surface area contributed by atoms with Crippen LogP contribution in [0.5, 0.6) is 0 Å². The number of nitrogens with zero attached hydrogens (tertiary/aromatic N) is 3. The van der Waals surface area contributed by atoms with Gasteiger partial charge in [0.2, 0.25) is 0 Å². The lowest BCUT2D eigenvalue weighted by Crippen LogP contribution is -2.00. The molecule has 0 unspecified atom stereocenters. The highest BCUT2D eigenvalue weighted by Crippen LogP contribution is 2.18. The predicted octanol–water partition coefficient (Wildman–Crippen LogP) is 3.42. The van der Waals surface area contributed by atoms with Crippen LogP contribution in [0.4, 0.5) is 4.39 Å². The molecule has 2 heterocycles. The van der Waals surface area contributed by atoms with E-state index in [1.165, 1.54) is 6.07 Å². The maximum Gasteiger partial charge on any atom is 0.134 e. The molecule has 3 rings (SSSR count). The third-order valence-corrected chi connectivity index (χ3v) is 3.54. The normalized spacial score (nSPS) is 11.1. The summed E-state index contributed by atoms with van der Waals surface area (Å²) in [6, 6.07) is 10.5. The summed E-state index contributed by atoms with van der Waals surface area (Å²) in [4.78, 5) is 4.45. The number of rotatable bonds is 3. The second-order valence-corrected chi connectivity index (χ2v) is 5.02. The topological polar surface area (TPSA) is 30.2 Å². The molecule has 3 nitrogen and oxygen atoms in total. The van der Waals surface area contributed by atoms with Crippen LogP contribution in [0.1, 0.15) is 11.4 Å². The summed E-state index contributed by atoms with van der Waals surface area (Å²) in [5, 5.41) is 4.28. The third kappa shape index (κ3) is 2.51. The fourth-order valence-corrected chi connectivity index (χ4v) is 2.57. The Bertz CT molecular complexity index is 724. The van der Waals surface area contributed by atoms with E-state index >= 15 is 0 Å². The Morgan fingerprint density at radius 2 is 2.05 bits per heavy atom. The number of benzene rings is 1. The van der Waals surface area contributed by atoms with E-state index in [1.807, 2.05) is 22.7 Å². The molecule has 0 N–H and O–H groups in total. The number of aryl methyl sites for hydroxylation is 2. The summed E-state index contributed by atoms with van der Waals surface area (Å²) in [7, 11) is 0. The molecule has 0 bridgehead atoms. The van der Waals surface area contributed by atoms with Crippen LogP contribution in [-0.2, 0) is 12.8 Å². The van der Waals surface area contributed by atoms with Crippen LogP contribution in [0.2, 0.25) is 0 Å². The first kappa shape index (κ1) is 12.3. The number of imidazole rings is 1. The molecular weight excluding hydrogens is 309 g/mol. The summed E-state index contributed by atoms with van der Waals surface area (Å²) in [6.45, 7) is 0. The van der Waals surface area contributed by atoms with Gasteiger partial charge in [-0.2, -0.15) is 5.10 Å². The standard InChI is InChI=1S/C14H11BrFN3/c15-14-12-5-2-8-17-19(12)13(18-14)7-6-10-3-1-4-11(16)9-10/h1-5,8-9H,6-7H2. The van der Waals surface area contributed by atoms with Crippen LogP contribution in [0.15, 0.2) is 47.2 Å². The zero-order valence-electron chi connectivity index (χ0n) is 10.1. The van der Waals surface area contributed by atoms with E-state index < -0.39 is 0 Å². The Hall–Kier alpha value is -1.75. The van der Waals surface area contributed by atoms with E-state index in [2.05, 4.69) is 26.0 Å². The summed E-state index contributed by atoms with van der Waals surface area (Å²) < 4.78 is 15.7. The van der Waals surface area contributed by atoms with Crippen LogP contribution in [0.25, 0.3) is 5.52 Å². The van der Waals surface area contributed by atoms with Crippen molar-refractivity contribution in [3.63, 3.8) is 0 Å². The number of fused-ring (bicyclic) bond motifs is 1. The lowest BCUT2D eigenvalue weighted by atomic mass is 10.1. The van der Waals surface area contributed by atoms with Crippen molar-refractivity contribution in [1.82, 2.24) is 14.6 Å². The third-order valence-electron chi connectivity index (χ3n) is 2.96. The number of hydrogen-bond donors (Lipinski definition) is 0. The van der Waals surface area contributed by atoms with E-state index in [0.717, 1.165) is 27.9 Å². The zero-order valence-corrected chi connectivity index (χ0v) is 11.6. The van der Waals surface area contributed by atoms with Crippen LogP contribution >= 0.6 is 15.9 Å². The second-order valence-electron chi connectivity index (χ2n) is 4.27. The first-order valence-corrected chi connectivity index (χ1v) is 6.76. The molecule has 0 fully saturated rings. The zero-order chi connectivity index (χ0) is 13.2. The van der Waals surface area contributed by atoms with Crippen molar-refractivity contribution >= 4 is 21.4 Å². The maximum atomic E-state index is 13.1. The average molecular weight is 320 g/mol. The Morgan fingerprint density at radius 3 is 2.89 bits per heavy atom. The molecule has 5 heteroatoms. The Labute approximate surface area is 118 Å². The van der Waals surface area contributed by atoms with E-state index in [0.29, 0.717) is 6.42 Å². The van der Waals surface area contributed by atoms with E-state index in [-0.39, 0.29) is 5.82 Å². The molecule has 0 saturated carbocycles. The minimum atomic E-state index is -0.204. The van der Waals surface area contributed by atoms with Gasteiger partial charge in [-0.3, -0.25) is 0 Å². The number of halogens is 2. The largest absolute Gasteiger partial charge is 0.224 e. The van der Waals surface area contributed by atoms with Gasteiger partial charge in [-0.25, -0.2) is 13.9 Å². The molecule has 0 atom stereocenters. The van der Waals surface area contributed by atoms with Gasteiger partial charge in [-0.05, 0) is 52.2 Å². The molecule has 1 aromatic carbocycles. The molecule has 0 radical (unpaired) electrons. The SMILES string of the molecule is Fc1cccc(CCc2nc(Br)c3cccnn23)c1. The number of hydrogen-bond acceptors (Lipinski definition) is 2. The molecule has 0 spiro atoms. The molecular formula is C14H11BrFN3. The van der Waals surface area contributed by atoms with Crippen molar-refractivity contribution in [3.05, 3.63) is 64.4 Å². The van der Waals surface area contributed by atoms with E-state index in [4.69, 9.17) is 0 Å². The smallest absolute Gasteiger partial charge is 0.134 e. The second kappa shape index (κ2) is 5.09. The quantitative estimate of drug-likeness (QED) is 0.740. The van der Waals surface area contributed by atoms with Gasteiger partial charge in [0.05, 0.1) is 5.52 Å². The first-order chi connectivity index (χ1) is 9.24. The fourth-order valence-electron chi connectivity index (χ4n) is 2.06. The van der Waals surface area contributed by atoms with Gasteiger partial charge in [0, 0.05) is 12.6 Å². The summed E-state index contributed by atoms with van der Waals surface area (Å²) >= 11 is 3.42. The van der Waals surface area contributed by atoms with Gasteiger partial charge in [0.1, 0.15) is 16.2 Å². The highest BCUT2D eigenvalue weighted by atomic mass is 79.9. The highest BCUT2D eigenvalue weighted by Gasteiger charge is 2.09. The molecule has 0 saturated heterocycles. The van der Waals surface area contributed by atoms with Crippen LogP contribution in [0, 0.1) is 5.82 Å². The minimum Gasteiger partial charge on any atom is -0.224 e. The van der Waals surface area contributed by atoms with E-state index in [9.17, 15) is 4.39 Å². The lowest BCUT2D eigenvalue weighted by Gasteiger charge is -2.01. The molecule has 19 heavy (non-hydrogen) atoms. The van der Waals surface area contributed by atoms with Gasteiger partial charge in [-0.15, -0.1) is 0 Å². The molecule has 0 amide bonds. The van der Waals surface area contributed by atoms with Crippen molar-refractivity contribution in [2.24, 2.45) is 0 Å². The van der Waals surface area contributed by atoms with Crippen LogP contribution in [-0.4, -0.2) is 14.6 Å². The fraction of sp³-hybridized carbons (Fsp3) is 0.143. The Morgan fingerprint density at radius 1 is 1.16 bits per heavy atom. The monoisotopic (exact) mass is 319 g/mol. The van der Waals surface area contributed by atoms with Gasteiger partial charge >= 0.3 is 0 Å². The molecule has 0 aliphatic rings. The van der Waals surface area contributed by atoms with Crippen molar-refractivity contribution in [2.75, 3.05) is 0 Å². The van der Waals surface area contributed by atoms with Gasteiger partial charge in [-0.1, -0.05) is 12.1 Å². The summed E-state index contributed by atoms with van der Waals surface area (Å²) in [6.07, 6.45) is 3.18. The molecule has 96 valence electrons. The lowest BCUT2D eigenvalue weighted by molar-refractivity contribution is 0.624. The summed E-state index contributed by atoms with van der Waals surface area (Å²) in [5.41, 5.74) is 1.90.